The highest BCUT2D eigenvalue weighted by molar-refractivity contribution is 6.03. The molecule has 0 aliphatic carbocycles. The zero-order chi connectivity index (χ0) is 20.2. The quantitative estimate of drug-likeness (QED) is 0.528. The van der Waals surface area contributed by atoms with E-state index in [0.29, 0.717) is 24.2 Å². The van der Waals surface area contributed by atoms with Crippen LogP contribution in [-0.2, 0) is 6.42 Å². The second kappa shape index (κ2) is 7.97. The highest BCUT2D eigenvalue weighted by atomic mass is 16.3. The Balaban J connectivity index is 1.40. The number of hydrogen-bond donors (Lipinski definition) is 2. The Morgan fingerprint density at radius 1 is 1.07 bits per heavy atom. The van der Waals surface area contributed by atoms with Crippen LogP contribution in [0.25, 0.3) is 5.65 Å². The van der Waals surface area contributed by atoms with Gasteiger partial charge < -0.3 is 15.1 Å². The molecule has 2 N–H and O–H groups in total. The molecule has 4 rings (SSSR count). The van der Waals surface area contributed by atoms with Crippen LogP contribution in [0.5, 0.6) is 0 Å². The van der Waals surface area contributed by atoms with E-state index >= 15 is 0 Å². The van der Waals surface area contributed by atoms with Crippen LogP contribution in [-0.4, -0.2) is 33.0 Å². The molecule has 29 heavy (non-hydrogen) atoms. The van der Waals surface area contributed by atoms with E-state index in [4.69, 9.17) is 4.42 Å². The van der Waals surface area contributed by atoms with Crippen LogP contribution >= 0.6 is 0 Å². The SMILES string of the molecule is Cc1ccc(C(=O)NCCc2nnc3ccccn23)cc1NC(=O)c1ccco1. The number of nitrogens with one attached hydrogen (secondary N) is 2. The van der Waals surface area contributed by atoms with Gasteiger partial charge in [-0.3, -0.25) is 14.0 Å². The standard InChI is InChI=1S/C21H19N5O3/c1-14-7-8-15(13-16(14)23-21(28)17-5-4-12-29-17)20(27)22-10-9-19-25-24-18-6-2-3-11-26(18)19/h2-8,11-13H,9-10H2,1H3,(H,22,27)(H,23,28). The molecule has 0 aliphatic heterocycles. The van der Waals surface area contributed by atoms with Crippen LogP contribution in [0, 0.1) is 6.92 Å². The summed E-state index contributed by atoms with van der Waals surface area (Å²) in [7, 11) is 0. The monoisotopic (exact) mass is 389 g/mol. The summed E-state index contributed by atoms with van der Waals surface area (Å²) in [4.78, 5) is 24.7. The van der Waals surface area contributed by atoms with E-state index in [1.165, 1.54) is 6.26 Å². The molecule has 0 aliphatic rings. The number of furan rings is 1. The van der Waals surface area contributed by atoms with Crippen LogP contribution in [0.1, 0.15) is 32.3 Å². The molecule has 3 heterocycles. The van der Waals surface area contributed by atoms with Crippen molar-refractivity contribution in [1.29, 1.82) is 0 Å². The van der Waals surface area contributed by atoms with Crippen molar-refractivity contribution >= 4 is 23.1 Å². The number of amides is 2. The van der Waals surface area contributed by atoms with Crippen molar-refractivity contribution in [3.63, 3.8) is 0 Å². The molecule has 3 aromatic heterocycles. The predicted octanol–water partition coefficient (Wildman–Crippen LogP) is 2.86. The van der Waals surface area contributed by atoms with Crippen molar-refractivity contribution in [3.05, 3.63) is 83.7 Å². The Kier molecular flexibility index (Phi) is 5.07. The molecule has 8 nitrogen and oxygen atoms in total. The number of pyridine rings is 1. The van der Waals surface area contributed by atoms with Crippen LogP contribution in [0.2, 0.25) is 0 Å². The van der Waals surface area contributed by atoms with Gasteiger partial charge in [0.05, 0.1) is 6.26 Å². The number of hydrogen-bond acceptors (Lipinski definition) is 5. The molecule has 0 fully saturated rings. The maximum absolute atomic E-state index is 12.5. The number of nitrogens with zero attached hydrogens (tertiary/aromatic N) is 3. The van der Waals surface area contributed by atoms with Crippen molar-refractivity contribution in [2.45, 2.75) is 13.3 Å². The molecule has 2 amide bonds. The molecular formula is C21H19N5O3. The van der Waals surface area contributed by atoms with Crippen molar-refractivity contribution in [1.82, 2.24) is 19.9 Å². The van der Waals surface area contributed by atoms with Crippen molar-refractivity contribution in [2.75, 3.05) is 11.9 Å². The molecule has 0 saturated carbocycles. The molecule has 0 spiro atoms. The second-order valence-corrected chi connectivity index (χ2v) is 6.51. The van der Waals surface area contributed by atoms with Crippen LogP contribution in [0.15, 0.2) is 65.4 Å². The lowest BCUT2D eigenvalue weighted by molar-refractivity contribution is 0.0951. The van der Waals surface area contributed by atoms with Gasteiger partial charge in [0.2, 0.25) is 0 Å². The number of anilines is 1. The fraction of sp³-hybridized carbons (Fsp3) is 0.143. The fourth-order valence-corrected chi connectivity index (χ4v) is 2.94. The first-order chi connectivity index (χ1) is 14.1. The number of carbonyl (C=O) groups is 2. The van der Waals surface area contributed by atoms with Gasteiger partial charge >= 0.3 is 0 Å². The summed E-state index contributed by atoms with van der Waals surface area (Å²) in [5.41, 5.74) is 2.62. The summed E-state index contributed by atoms with van der Waals surface area (Å²) < 4.78 is 6.99. The van der Waals surface area contributed by atoms with Gasteiger partial charge in [-0.15, -0.1) is 10.2 Å². The van der Waals surface area contributed by atoms with Crippen molar-refractivity contribution < 1.29 is 14.0 Å². The van der Waals surface area contributed by atoms with Crippen molar-refractivity contribution in [3.8, 4) is 0 Å². The summed E-state index contributed by atoms with van der Waals surface area (Å²) in [6, 6.07) is 14.1. The van der Waals surface area contributed by atoms with Crippen LogP contribution in [0.4, 0.5) is 5.69 Å². The minimum atomic E-state index is -0.366. The number of carbonyl (C=O) groups excluding carboxylic acids is 2. The minimum absolute atomic E-state index is 0.208. The number of rotatable bonds is 6. The third-order valence-corrected chi connectivity index (χ3v) is 4.51. The van der Waals surface area contributed by atoms with Crippen LogP contribution in [0.3, 0.4) is 0 Å². The summed E-state index contributed by atoms with van der Waals surface area (Å²) >= 11 is 0. The Labute approximate surface area is 166 Å². The summed E-state index contributed by atoms with van der Waals surface area (Å²) in [6.07, 6.45) is 3.87. The zero-order valence-corrected chi connectivity index (χ0v) is 15.8. The Bertz CT molecular complexity index is 1160. The van der Waals surface area contributed by atoms with E-state index in [-0.39, 0.29) is 17.6 Å². The van der Waals surface area contributed by atoms with Gasteiger partial charge in [-0.25, -0.2) is 0 Å². The van der Waals surface area contributed by atoms with Gasteiger partial charge in [0, 0.05) is 30.4 Å². The van der Waals surface area contributed by atoms with Gasteiger partial charge in [-0.2, -0.15) is 0 Å². The second-order valence-electron chi connectivity index (χ2n) is 6.51. The predicted molar refractivity (Wildman–Crippen MR) is 107 cm³/mol. The number of benzene rings is 1. The highest BCUT2D eigenvalue weighted by Gasteiger charge is 2.13. The fourth-order valence-electron chi connectivity index (χ4n) is 2.94. The molecule has 0 saturated heterocycles. The maximum atomic E-state index is 12.5. The Morgan fingerprint density at radius 2 is 1.97 bits per heavy atom. The lowest BCUT2D eigenvalue weighted by Crippen LogP contribution is -2.26. The molecule has 4 aromatic rings. The molecule has 0 unspecified atom stereocenters. The zero-order valence-electron chi connectivity index (χ0n) is 15.8. The average Bonchev–Trinajstić information content (AvgIpc) is 3.40. The van der Waals surface area contributed by atoms with E-state index in [1.807, 2.05) is 35.7 Å². The number of fused-ring (bicyclic) bond motifs is 1. The maximum Gasteiger partial charge on any atom is 0.291 e. The first-order valence-electron chi connectivity index (χ1n) is 9.14. The van der Waals surface area contributed by atoms with Gasteiger partial charge in [0.1, 0.15) is 5.82 Å². The molecule has 0 atom stereocenters. The third-order valence-electron chi connectivity index (χ3n) is 4.51. The molecule has 146 valence electrons. The average molecular weight is 389 g/mol. The third kappa shape index (κ3) is 4.01. The Morgan fingerprint density at radius 3 is 2.79 bits per heavy atom. The van der Waals surface area contributed by atoms with E-state index in [9.17, 15) is 9.59 Å². The largest absolute Gasteiger partial charge is 0.459 e. The van der Waals surface area contributed by atoms with Gasteiger partial charge in [-0.1, -0.05) is 12.1 Å². The molecule has 8 heteroatoms. The molecular weight excluding hydrogens is 370 g/mol. The van der Waals surface area contributed by atoms with Gasteiger partial charge in [0.25, 0.3) is 11.8 Å². The summed E-state index contributed by atoms with van der Waals surface area (Å²) in [5.74, 6) is 0.387. The number of aryl methyl sites for hydroxylation is 1. The summed E-state index contributed by atoms with van der Waals surface area (Å²) in [6.45, 7) is 2.27. The Hall–Kier alpha value is -3.94. The van der Waals surface area contributed by atoms with Gasteiger partial charge in [-0.05, 0) is 48.9 Å². The highest BCUT2D eigenvalue weighted by Crippen LogP contribution is 2.18. The van der Waals surface area contributed by atoms with E-state index in [0.717, 1.165) is 17.0 Å². The number of aromatic nitrogens is 3. The normalized spacial score (nSPS) is 10.8. The van der Waals surface area contributed by atoms with Gasteiger partial charge in [0.15, 0.2) is 11.4 Å². The topological polar surface area (TPSA) is 102 Å². The first kappa shape index (κ1) is 18.4. The molecule has 0 radical (unpaired) electrons. The lowest BCUT2D eigenvalue weighted by Gasteiger charge is -2.10. The van der Waals surface area contributed by atoms with E-state index in [1.54, 1.807) is 30.3 Å². The molecule has 1 aromatic carbocycles. The summed E-state index contributed by atoms with van der Waals surface area (Å²) in [5, 5.41) is 13.9. The van der Waals surface area contributed by atoms with E-state index < -0.39 is 0 Å². The smallest absolute Gasteiger partial charge is 0.291 e. The van der Waals surface area contributed by atoms with Crippen LogP contribution < -0.4 is 10.6 Å². The van der Waals surface area contributed by atoms with E-state index in [2.05, 4.69) is 20.8 Å². The van der Waals surface area contributed by atoms with Crippen molar-refractivity contribution in [2.24, 2.45) is 0 Å². The minimum Gasteiger partial charge on any atom is -0.459 e. The first-order valence-corrected chi connectivity index (χ1v) is 9.14. The molecule has 0 bridgehead atoms. The lowest BCUT2D eigenvalue weighted by atomic mass is 10.1.